The molecule has 4 nitrogen and oxygen atoms in total. The molecule has 1 aliphatic heterocycles. The minimum atomic E-state index is -2.58. The second kappa shape index (κ2) is 4.06. The van der Waals surface area contributed by atoms with Crippen LogP contribution in [0.5, 0.6) is 0 Å². The summed E-state index contributed by atoms with van der Waals surface area (Å²) in [6.45, 7) is 1.08. The normalized spacial score (nSPS) is 21.3. The highest BCUT2D eigenvalue weighted by atomic mass is 19.3. The zero-order valence-corrected chi connectivity index (χ0v) is 7.98. The van der Waals surface area contributed by atoms with Gasteiger partial charge in [-0.2, -0.15) is 0 Å². The maximum absolute atomic E-state index is 12.4. The number of aliphatic hydroxyl groups is 1. The minimum Gasteiger partial charge on any atom is -0.391 e. The van der Waals surface area contributed by atoms with Gasteiger partial charge < -0.3 is 10.0 Å². The topological polar surface area (TPSA) is 49.2 Å². The van der Waals surface area contributed by atoms with Crippen LogP contribution < -0.4 is 4.90 Å². The fourth-order valence-electron chi connectivity index (χ4n) is 1.60. The average Bonchev–Trinajstić information content (AvgIpc) is 2.65. The summed E-state index contributed by atoms with van der Waals surface area (Å²) in [5.41, 5.74) is -0.276. The van der Waals surface area contributed by atoms with E-state index in [4.69, 9.17) is 0 Å². The summed E-state index contributed by atoms with van der Waals surface area (Å²) in [6.07, 6.45) is -1.20. The van der Waals surface area contributed by atoms with Crippen molar-refractivity contribution in [1.82, 2.24) is 9.97 Å². The third-order valence-corrected chi connectivity index (χ3v) is 2.38. The molecule has 0 bridgehead atoms. The number of halogens is 2. The molecule has 2 heterocycles. The van der Waals surface area contributed by atoms with E-state index < -0.39 is 12.5 Å². The Kier molecular flexibility index (Phi) is 2.77. The molecule has 0 aromatic carbocycles. The average molecular weight is 215 g/mol. The first-order chi connectivity index (χ1) is 7.16. The standard InChI is InChI=1S/C9H11F2N3O/c10-9(11)7-3-8(13-5-12-7)14-2-1-6(15)4-14/h3,5-6,9,15H,1-2,4H2. The number of aliphatic hydroxyl groups excluding tert-OH is 1. The smallest absolute Gasteiger partial charge is 0.280 e. The Balaban J connectivity index is 2.18. The van der Waals surface area contributed by atoms with Crippen LogP contribution >= 0.6 is 0 Å². The number of rotatable bonds is 2. The quantitative estimate of drug-likeness (QED) is 0.799. The van der Waals surface area contributed by atoms with Crippen LogP contribution in [0, 0.1) is 0 Å². The summed E-state index contributed by atoms with van der Waals surface area (Å²) in [5, 5.41) is 9.31. The van der Waals surface area contributed by atoms with Gasteiger partial charge in [-0.3, -0.25) is 0 Å². The summed E-state index contributed by atoms with van der Waals surface area (Å²) in [5.74, 6) is 0.455. The Bertz CT molecular complexity index is 348. The molecule has 0 aliphatic carbocycles. The number of hydrogen-bond acceptors (Lipinski definition) is 4. The van der Waals surface area contributed by atoms with Gasteiger partial charge in [0, 0.05) is 19.2 Å². The van der Waals surface area contributed by atoms with E-state index in [1.165, 1.54) is 6.07 Å². The molecule has 1 aromatic heterocycles. The molecule has 1 fully saturated rings. The zero-order chi connectivity index (χ0) is 10.8. The van der Waals surface area contributed by atoms with Crippen LogP contribution in [0.2, 0.25) is 0 Å². The Hall–Kier alpha value is -1.30. The summed E-state index contributed by atoms with van der Waals surface area (Å²) in [7, 11) is 0. The highest BCUT2D eigenvalue weighted by Crippen LogP contribution is 2.22. The van der Waals surface area contributed by atoms with Crippen LogP contribution in [0.25, 0.3) is 0 Å². The van der Waals surface area contributed by atoms with Crippen molar-refractivity contribution < 1.29 is 13.9 Å². The van der Waals surface area contributed by atoms with Gasteiger partial charge in [-0.05, 0) is 6.42 Å². The number of alkyl halides is 2. The number of hydrogen-bond donors (Lipinski definition) is 1. The lowest BCUT2D eigenvalue weighted by Crippen LogP contribution is -2.22. The molecule has 15 heavy (non-hydrogen) atoms. The first kappa shape index (κ1) is 10.2. The van der Waals surface area contributed by atoms with Crippen LogP contribution in [0.1, 0.15) is 18.5 Å². The highest BCUT2D eigenvalue weighted by molar-refractivity contribution is 5.40. The molecule has 0 amide bonds. The number of nitrogens with zero attached hydrogens (tertiary/aromatic N) is 3. The van der Waals surface area contributed by atoms with E-state index in [9.17, 15) is 13.9 Å². The Morgan fingerprint density at radius 1 is 1.47 bits per heavy atom. The molecule has 1 N–H and O–H groups in total. The monoisotopic (exact) mass is 215 g/mol. The SMILES string of the molecule is OC1CCN(c2cc(C(F)F)ncn2)C1. The van der Waals surface area contributed by atoms with Gasteiger partial charge in [-0.25, -0.2) is 18.7 Å². The Labute approximate surface area is 85.6 Å². The van der Waals surface area contributed by atoms with Gasteiger partial charge in [0.05, 0.1) is 6.10 Å². The summed E-state index contributed by atoms with van der Waals surface area (Å²) in [4.78, 5) is 9.16. The van der Waals surface area contributed by atoms with Crippen LogP contribution in [-0.2, 0) is 0 Å². The lowest BCUT2D eigenvalue weighted by molar-refractivity contribution is 0.146. The molecule has 1 unspecified atom stereocenters. The number of β-amino-alcohol motifs (C(OH)–C–C–N with tert-alkyl or cyclic N) is 1. The maximum atomic E-state index is 12.4. The van der Waals surface area contributed by atoms with Crippen molar-refractivity contribution in [3.05, 3.63) is 18.1 Å². The first-order valence-corrected chi connectivity index (χ1v) is 4.70. The van der Waals surface area contributed by atoms with Gasteiger partial charge in [-0.15, -0.1) is 0 Å². The molecular formula is C9H11F2N3O. The Morgan fingerprint density at radius 2 is 2.27 bits per heavy atom. The van der Waals surface area contributed by atoms with E-state index in [2.05, 4.69) is 9.97 Å². The third kappa shape index (κ3) is 2.20. The van der Waals surface area contributed by atoms with Crippen molar-refractivity contribution in [2.24, 2.45) is 0 Å². The lowest BCUT2D eigenvalue weighted by atomic mass is 10.3. The van der Waals surface area contributed by atoms with E-state index in [1.54, 1.807) is 4.90 Å². The van der Waals surface area contributed by atoms with Crippen molar-refractivity contribution in [2.75, 3.05) is 18.0 Å². The fourth-order valence-corrected chi connectivity index (χ4v) is 1.60. The summed E-state index contributed by atoms with van der Waals surface area (Å²) >= 11 is 0. The summed E-state index contributed by atoms with van der Waals surface area (Å²) in [6, 6.07) is 1.27. The van der Waals surface area contributed by atoms with E-state index >= 15 is 0 Å². The van der Waals surface area contributed by atoms with Crippen molar-refractivity contribution in [2.45, 2.75) is 19.0 Å². The second-order valence-electron chi connectivity index (χ2n) is 3.49. The van der Waals surface area contributed by atoms with Crippen LogP contribution in [-0.4, -0.2) is 34.3 Å². The van der Waals surface area contributed by atoms with Crippen molar-refractivity contribution in [3.63, 3.8) is 0 Å². The third-order valence-electron chi connectivity index (χ3n) is 2.38. The summed E-state index contributed by atoms with van der Waals surface area (Å²) < 4.78 is 24.7. The van der Waals surface area contributed by atoms with E-state index in [-0.39, 0.29) is 5.69 Å². The van der Waals surface area contributed by atoms with Crippen molar-refractivity contribution >= 4 is 5.82 Å². The predicted molar refractivity (Wildman–Crippen MR) is 49.8 cm³/mol. The van der Waals surface area contributed by atoms with Gasteiger partial charge in [0.25, 0.3) is 6.43 Å². The second-order valence-corrected chi connectivity index (χ2v) is 3.49. The molecule has 82 valence electrons. The molecule has 1 aromatic rings. The number of aromatic nitrogens is 2. The van der Waals surface area contributed by atoms with E-state index in [0.29, 0.717) is 25.3 Å². The molecular weight excluding hydrogens is 204 g/mol. The molecule has 6 heteroatoms. The van der Waals surface area contributed by atoms with Crippen LogP contribution in [0.3, 0.4) is 0 Å². The fraction of sp³-hybridized carbons (Fsp3) is 0.556. The van der Waals surface area contributed by atoms with Crippen molar-refractivity contribution in [1.29, 1.82) is 0 Å². The largest absolute Gasteiger partial charge is 0.391 e. The maximum Gasteiger partial charge on any atom is 0.280 e. The molecule has 1 aliphatic rings. The molecule has 2 rings (SSSR count). The van der Waals surface area contributed by atoms with Crippen LogP contribution in [0.4, 0.5) is 14.6 Å². The highest BCUT2D eigenvalue weighted by Gasteiger charge is 2.22. The van der Waals surface area contributed by atoms with Gasteiger partial charge in [0.2, 0.25) is 0 Å². The molecule has 0 radical (unpaired) electrons. The first-order valence-electron chi connectivity index (χ1n) is 4.70. The predicted octanol–water partition coefficient (Wildman–Crippen LogP) is 0.985. The molecule has 0 spiro atoms. The van der Waals surface area contributed by atoms with Gasteiger partial charge in [0.1, 0.15) is 17.8 Å². The van der Waals surface area contributed by atoms with Gasteiger partial charge in [-0.1, -0.05) is 0 Å². The van der Waals surface area contributed by atoms with Gasteiger partial charge in [0.15, 0.2) is 0 Å². The van der Waals surface area contributed by atoms with E-state index in [1.807, 2.05) is 0 Å². The Morgan fingerprint density at radius 3 is 2.87 bits per heavy atom. The zero-order valence-electron chi connectivity index (χ0n) is 7.98. The molecule has 1 atom stereocenters. The van der Waals surface area contributed by atoms with E-state index in [0.717, 1.165) is 6.33 Å². The molecule has 1 saturated heterocycles. The molecule has 0 saturated carbocycles. The van der Waals surface area contributed by atoms with Gasteiger partial charge >= 0.3 is 0 Å². The van der Waals surface area contributed by atoms with Crippen molar-refractivity contribution in [3.8, 4) is 0 Å². The van der Waals surface area contributed by atoms with Crippen LogP contribution in [0.15, 0.2) is 12.4 Å². The number of anilines is 1. The lowest BCUT2D eigenvalue weighted by Gasteiger charge is -2.16. The minimum absolute atomic E-state index is 0.276.